The second kappa shape index (κ2) is 13.2. The van der Waals surface area contributed by atoms with Crippen molar-refractivity contribution >= 4 is 21.0 Å². The van der Waals surface area contributed by atoms with Crippen LogP contribution in [0.4, 0.5) is 25.2 Å². The fraction of sp³-hybridized carbons (Fsp3) is 0.520. The van der Waals surface area contributed by atoms with E-state index in [1.165, 1.54) is 42.5 Å². The first-order chi connectivity index (χ1) is 15.4. The number of nitrogens with zero attached hydrogens (tertiary/aromatic N) is 1. The van der Waals surface area contributed by atoms with Gasteiger partial charge in [0, 0.05) is 51.6 Å². The second-order valence-electron chi connectivity index (χ2n) is 9.17. The van der Waals surface area contributed by atoms with Gasteiger partial charge in [0.25, 0.3) is 0 Å². The Labute approximate surface area is 221 Å². The molecule has 3 rings (SSSR count). The minimum absolute atomic E-state index is 0. The van der Waals surface area contributed by atoms with Gasteiger partial charge in [-0.2, -0.15) is 0 Å². The Morgan fingerprint density at radius 1 is 0.743 bits per heavy atom. The predicted octanol–water partition coefficient (Wildman–Crippen LogP) is 10.8. The Balaban J connectivity index is 0.000000599. The zero-order chi connectivity index (χ0) is 26.2. The van der Waals surface area contributed by atoms with E-state index in [-0.39, 0.29) is 28.0 Å². The largest absolute Gasteiger partial charge is 0 e. The molecule has 10 heteroatoms. The van der Waals surface area contributed by atoms with Gasteiger partial charge in [-0.1, -0.05) is 84.2 Å². The Hall–Kier alpha value is -0.671. The van der Waals surface area contributed by atoms with Gasteiger partial charge < -0.3 is 4.90 Å². The monoisotopic (exact) mass is 721 g/mol. The van der Waals surface area contributed by atoms with Gasteiger partial charge in [-0.15, -0.1) is 0 Å². The van der Waals surface area contributed by atoms with Gasteiger partial charge >= 0.3 is 33.0 Å². The molecule has 0 saturated carbocycles. The minimum Gasteiger partial charge on any atom is 0 e. The fourth-order valence-electron chi connectivity index (χ4n) is 3.95. The quantitative estimate of drug-likeness (QED) is 0.170. The Bertz CT molecular complexity index is 846. The molecule has 0 N–H and O–H groups in total. The Morgan fingerprint density at radius 3 is 1.46 bits per heavy atom. The molecule has 1 aromatic rings. The predicted molar refractivity (Wildman–Crippen MR) is 138 cm³/mol. The molecule has 0 aliphatic heterocycles. The van der Waals surface area contributed by atoms with Crippen LogP contribution in [0.3, 0.4) is 0 Å². The maximum atomic E-state index is 9.87. The van der Waals surface area contributed by atoms with Crippen molar-refractivity contribution < 1.29 is 45.3 Å². The third-order valence-corrected chi connectivity index (χ3v) is 8.39. The van der Waals surface area contributed by atoms with Gasteiger partial charge in [0.05, 0.1) is 0 Å². The number of hydrogen-bond donors (Lipinski definition) is 0. The molecule has 35 heavy (non-hydrogen) atoms. The molecule has 2 aliphatic rings. The summed E-state index contributed by atoms with van der Waals surface area (Å²) < 4.78 is 59.2. The molecule has 0 heterocycles. The summed E-state index contributed by atoms with van der Waals surface area (Å²) >= 11 is 0. The van der Waals surface area contributed by atoms with Gasteiger partial charge in [-0.25, -0.2) is 0 Å². The van der Waals surface area contributed by atoms with Crippen LogP contribution in [0.2, 0.25) is 0 Å². The minimum atomic E-state index is -10.7. The number of allylic oxidation sites excluding steroid dienone is 5. The summed E-state index contributed by atoms with van der Waals surface area (Å²) in [4.78, 5) is 2.33. The van der Waals surface area contributed by atoms with E-state index < -0.39 is 7.81 Å². The van der Waals surface area contributed by atoms with Gasteiger partial charge in [0.1, 0.15) is 0 Å². The van der Waals surface area contributed by atoms with E-state index in [1.54, 1.807) is 5.31 Å². The maximum Gasteiger partial charge on any atom is 0 e. The molecule has 1 aromatic carbocycles. The second-order valence-corrected chi connectivity index (χ2v) is 14.4. The number of benzene rings is 1. The molecule has 0 saturated heterocycles. The molecule has 205 valence electrons. The summed E-state index contributed by atoms with van der Waals surface area (Å²) in [6, 6.07) is 8.97. The number of fused-ring (bicyclic) bond motifs is 1. The van der Waals surface area contributed by atoms with Crippen LogP contribution in [0.5, 0.6) is 0 Å². The van der Waals surface area contributed by atoms with E-state index >= 15 is 0 Å². The average molecular weight is 721 g/mol. The van der Waals surface area contributed by atoms with Crippen molar-refractivity contribution in [2.75, 3.05) is 14.1 Å². The van der Waals surface area contributed by atoms with E-state index in [9.17, 15) is 25.2 Å². The van der Waals surface area contributed by atoms with Crippen LogP contribution in [-0.4, -0.2) is 30.3 Å². The zero-order valence-corrected chi connectivity index (χ0v) is 25.4. The summed E-state index contributed by atoms with van der Waals surface area (Å²) in [6.07, 6.45) is 15.1. The van der Waals surface area contributed by atoms with E-state index in [4.69, 9.17) is 0 Å². The van der Waals surface area contributed by atoms with E-state index in [1.807, 2.05) is 0 Å². The van der Waals surface area contributed by atoms with Crippen molar-refractivity contribution in [3.8, 4) is 0 Å². The molecule has 0 bridgehead atoms. The van der Waals surface area contributed by atoms with Crippen LogP contribution in [-0.2, 0) is 26.5 Å². The van der Waals surface area contributed by atoms with Crippen LogP contribution in [0, 0.1) is 0 Å². The molecular formula is C25H38F6IrNP2-. The fourth-order valence-corrected chi connectivity index (χ4v) is 7.25. The summed E-state index contributed by atoms with van der Waals surface area (Å²) in [5.41, 5.74) is 6.04. The van der Waals surface area contributed by atoms with Crippen molar-refractivity contribution in [3.63, 3.8) is 0 Å². The summed E-state index contributed by atoms with van der Waals surface area (Å²) in [7, 11) is -6.38. The number of rotatable bonds is 4. The van der Waals surface area contributed by atoms with Gasteiger partial charge in [-0.3, -0.25) is 0 Å². The van der Waals surface area contributed by atoms with E-state index in [0.29, 0.717) is 0 Å². The summed E-state index contributed by atoms with van der Waals surface area (Å²) in [5, 5.41) is 1.65. The molecule has 0 aromatic heterocycles. The van der Waals surface area contributed by atoms with Crippen molar-refractivity contribution in [1.29, 1.82) is 0 Å². The van der Waals surface area contributed by atoms with E-state index in [0.717, 1.165) is 17.7 Å². The normalized spacial score (nSPS) is 17.2. The van der Waals surface area contributed by atoms with Crippen LogP contribution >= 0.6 is 15.7 Å². The number of hydrogen-bond acceptors (Lipinski definition) is 1. The Kier molecular flexibility index (Phi) is 13.0. The molecule has 0 unspecified atom stereocenters. The topological polar surface area (TPSA) is 3.24 Å². The third kappa shape index (κ3) is 15.2. The molecular weight excluding hydrogens is 682 g/mol. The number of likely N-dealkylation sites (N-methyl/N-ethyl adjacent to an activating group) is 1. The van der Waals surface area contributed by atoms with Crippen molar-refractivity contribution in [1.82, 2.24) is 4.90 Å². The first-order valence-corrected chi connectivity index (χ1v) is 15.0. The Morgan fingerprint density at radius 2 is 1.11 bits per heavy atom. The SMILES string of the molecule is C1=CCCC=CCC1.CC(C)P(C1=C(N(C)C)Cc2ccccc21)C(C)C.F[P-](F)(F)(F)(F)F.[Ir]. The summed E-state index contributed by atoms with van der Waals surface area (Å²) in [6.45, 7) is 9.53. The molecule has 2 aliphatic carbocycles. The van der Waals surface area contributed by atoms with Gasteiger partial charge in [0.2, 0.25) is 0 Å². The smallest absolute Gasteiger partial charge is 0 e. The van der Waals surface area contributed by atoms with Gasteiger partial charge in [0.15, 0.2) is 0 Å². The van der Waals surface area contributed by atoms with Gasteiger partial charge in [-0.05, 0) is 48.1 Å². The molecule has 0 atom stereocenters. The van der Waals surface area contributed by atoms with Crippen molar-refractivity contribution in [2.45, 2.75) is 71.1 Å². The third-order valence-electron chi connectivity index (χ3n) is 5.15. The van der Waals surface area contributed by atoms with Crippen LogP contribution < -0.4 is 0 Å². The average Bonchev–Trinajstić information content (AvgIpc) is 2.98. The van der Waals surface area contributed by atoms with Crippen LogP contribution in [0.15, 0.2) is 54.3 Å². The van der Waals surface area contributed by atoms with Crippen molar-refractivity contribution in [3.05, 3.63) is 65.4 Å². The molecule has 0 spiro atoms. The molecule has 1 nitrogen and oxygen atoms in total. The standard InChI is InChI=1S/C17H26NP.C8H12.F6P.Ir/c1-12(2)19(13(3)4)17-15-10-8-7-9-14(15)11-16(17)18(5)6;1-2-4-6-8-7-5-3-1;1-7(2,3,4,5)6;/h7-10,12-13H,11H2,1-6H3;1-2,7-8H,3-6H2;;/q;;-1;. The number of halogens is 6. The first-order valence-electron chi connectivity index (χ1n) is 11.5. The van der Waals surface area contributed by atoms with Crippen LogP contribution in [0.1, 0.15) is 64.5 Å². The zero-order valence-electron chi connectivity index (χ0n) is 21.3. The van der Waals surface area contributed by atoms with Crippen molar-refractivity contribution in [2.24, 2.45) is 0 Å². The summed E-state index contributed by atoms with van der Waals surface area (Å²) in [5.74, 6) is 0. The maximum absolute atomic E-state index is 10.7. The molecule has 1 radical (unpaired) electrons. The van der Waals surface area contributed by atoms with Crippen LogP contribution in [0.25, 0.3) is 5.31 Å². The first kappa shape index (κ1) is 34.3. The molecule has 0 amide bonds. The van der Waals surface area contributed by atoms with E-state index in [2.05, 4.69) is 95.3 Å². The molecule has 0 fully saturated rings.